The van der Waals surface area contributed by atoms with Crippen LogP contribution >= 0.6 is 11.6 Å². The molecule has 1 aromatic heterocycles. The van der Waals surface area contributed by atoms with E-state index in [2.05, 4.69) is 30.2 Å². The highest BCUT2D eigenvalue weighted by atomic mass is 35.5. The molecule has 3 aromatic rings. The fourth-order valence-electron chi connectivity index (χ4n) is 2.46. The maximum Gasteiger partial charge on any atom is 0.227 e. The molecule has 0 unspecified atom stereocenters. The fourth-order valence-corrected chi connectivity index (χ4v) is 2.62. The molecule has 0 aliphatic carbocycles. The first kappa shape index (κ1) is 17.5. The van der Waals surface area contributed by atoms with E-state index in [1.54, 1.807) is 12.1 Å². The third-order valence-electron chi connectivity index (χ3n) is 4.07. The van der Waals surface area contributed by atoms with E-state index in [1.165, 1.54) is 5.56 Å². The van der Waals surface area contributed by atoms with Gasteiger partial charge in [-0.25, -0.2) is 4.98 Å². The van der Waals surface area contributed by atoms with Gasteiger partial charge in [-0.05, 0) is 41.8 Å². The van der Waals surface area contributed by atoms with Crippen molar-refractivity contribution in [1.29, 1.82) is 0 Å². The van der Waals surface area contributed by atoms with Gasteiger partial charge in [0.05, 0.1) is 10.7 Å². The zero-order valence-electron chi connectivity index (χ0n) is 14.8. The number of benzene rings is 2. The van der Waals surface area contributed by atoms with E-state index >= 15 is 0 Å². The summed E-state index contributed by atoms with van der Waals surface area (Å²) in [5.74, 6) is 0.724. The summed E-state index contributed by atoms with van der Waals surface area (Å²) >= 11 is 6.20. The molecule has 0 atom stereocenters. The van der Waals surface area contributed by atoms with Crippen LogP contribution in [0.25, 0.3) is 22.6 Å². The smallest absolute Gasteiger partial charge is 0.227 e. The highest BCUT2D eigenvalue weighted by Crippen LogP contribution is 2.31. The van der Waals surface area contributed by atoms with Crippen molar-refractivity contribution in [2.24, 2.45) is 5.92 Å². The van der Waals surface area contributed by atoms with Gasteiger partial charge in [-0.2, -0.15) is 0 Å². The van der Waals surface area contributed by atoms with Gasteiger partial charge in [0.2, 0.25) is 11.8 Å². The number of nitrogens with zero attached hydrogens (tertiary/aromatic N) is 1. The van der Waals surface area contributed by atoms with Crippen molar-refractivity contribution in [3.05, 3.63) is 47.0 Å². The molecule has 0 saturated heterocycles. The average molecular weight is 357 g/mol. The Balaban J connectivity index is 1.98. The molecule has 0 spiro atoms. The summed E-state index contributed by atoms with van der Waals surface area (Å²) in [6, 6.07) is 11.4. The third-order valence-corrected chi connectivity index (χ3v) is 4.40. The Kier molecular flexibility index (Phi) is 4.82. The number of carbonyl (C=O) groups is 1. The van der Waals surface area contributed by atoms with Crippen LogP contribution in [-0.4, -0.2) is 10.9 Å². The van der Waals surface area contributed by atoms with Crippen LogP contribution in [0, 0.1) is 5.92 Å². The van der Waals surface area contributed by atoms with E-state index < -0.39 is 0 Å². The maximum absolute atomic E-state index is 11.9. The van der Waals surface area contributed by atoms with Crippen molar-refractivity contribution in [3.8, 4) is 11.5 Å². The third kappa shape index (κ3) is 3.69. The predicted molar refractivity (Wildman–Crippen MR) is 102 cm³/mol. The standard InChI is InChI=1S/C20H21ClN2O2/c1-11(2)13-6-8-18-17(9-13)23-20(25-18)14-5-7-15(21)16(10-14)22-19(24)12(3)4/h5-12H,1-4H3,(H,22,24). The summed E-state index contributed by atoms with van der Waals surface area (Å²) in [7, 11) is 0. The van der Waals surface area contributed by atoms with Crippen molar-refractivity contribution >= 4 is 34.3 Å². The van der Waals surface area contributed by atoms with E-state index in [1.807, 2.05) is 32.0 Å². The lowest BCUT2D eigenvalue weighted by Gasteiger charge is -2.10. The predicted octanol–water partition coefficient (Wildman–Crippen LogP) is 5.87. The van der Waals surface area contributed by atoms with Crippen molar-refractivity contribution in [2.45, 2.75) is 33.6 Å². The lowest BCUT2D eigenvalue weighted by molar-refractivity contribution is -0.118. The largest absolute Gasteiger partial charge is 0.436 e. The number of nitrogens with one attached hydrogen (secondary N) is 1. The number of fused-ring (bicyclic) bond motifs is 1. The molecule has 0 saturated carbocycles. The van der Waals surface area contributed by atoms with Gasteiger partial charge in [-0.1, -0.05) is 45.4 Å². The number of halogens is 1. The summed E-state index contributed by atoms with van der Waals surface area (Å²) in [5.41, 5.74) is 4.10. The second-order valence-electron chi connectivity index (χ2n) is 6.74. The van der Waals surface area contributed by atoms with Crippen LogP contribution in [0.5, 0.6) is 0 Å². The van der Waals surface area contributed by atoms with Crippen LogP contribution < -0.4 is 5.32 Å². The first-order chi connectivity index (χ1) is 11.8. The van der Waals surface area contributed by atoms with Gasteiger partial charge in [0.1, 0.15) is 5.52 Å². The highest BCUT2D eigenvalue weighted by molar-refractivity contribution is 6.33. The van der Waals surface area contributed by atoms with E-state index in [0.717, 1.165) is 16.7 Å². The summed E-state index contributed by atoms with van der Waals surface area (Å²) in [5, 5.41) is 3.32. The lowest BCUT2D eigenvalue weighted by atomic mass is 10.0. The number of anilines is 1. The summed E-state index contributed by atoms with van der Waals surface area (Å²) < 4.78 is 5.87. The molecule has 5 heteroatoms. The number of hydrogen-bond donors (Lipinski definition) is 1. The van der Waals surface area contributed by atoms with Gasteiger partial charge in [0.15, 0.2) is 5.58 Å². The van der Waals surface area contributed by atoms with Gasteiger partial charge in [-0.15, -0.1) is 0 Å². The molecule has 0 bridgehead atoms. The molecule has 130 valence electrons. The van der Waals surface area contributed by atoms with Gasteiger partial charge >= 0.3 is 0 Å². The minimum atomic E-state index is -0.126. The molecule has 0 aliphatic heterocycles. The summed E-state index contributed by atoms with van der Waals surface area (Å²) in [6.45, 7) is 7.95. The van der Waals surface area contributed by atoms with E-state index in [9.17, 15) is 4.79 Å². The molecule has 0 radical (unpaired) electrons. The van der Waals surface area contributed by atoms with Gasteiger partial charge in [-0.3, -0.25) is 4.79 Å². The summed E-state index contributed by atoms with van der Waals surface area (Å²) in [4.78, 5) is 16.5. The van der Waals surface area contributed by atoms with Crippen molar-refractivity contribution < 1.29 is 9.21 Å². The van der Waals surface area contributed by atoms with Crippen LogP contribution in [0.4, 0.5) is 5.69 Å². The topological polar surface area (TPSA) is 55.1 Å². The molecule has 1 heterocycles. The maximum atomic E-state index is 11.9. The molecule has 1 amide bonds. The normalized spacial score (nSPS) is 11.5. The number of rotatable bonds is 4. The Bertz CT molecular complexity index is 929. The molecule has 25 heavy (non-hydrogen) atoms. The minimum Gasteiger partial charge on any atom is -0.436 e. The number of amides is 1. The van der Waals surface area contributed by atoms with E-state index in [-0.39, 0.29) is 11.8 Å². The van der Waals surface area contributed by atoms with Crippen LogP contribution in [0.3, 0.4) is 0 Å². The van der Waals surface area contributed by atoms with Gasteiger partial charge in [0.25, 0.3) is 0 Å². The van der Waals surface area contributed by atoms with E-state index in [4.69, 9.17) is 16.0 Å². The minimum absolute atomic E-state index is 0.0850. The molecular formula is C20H21ClN2O2. The molecule has 1 N–H and O–H groups in total. The van der Waals surface area contributed by atoms with Crippen LogP contribution in [-0.2, 0) is 4.79 Å². The van der Waals surface area contributed by atoms with Crippen LogP contribution in [0.1, 0.15) is 39.2 Å². The molecule has 2 aromatic carbocycles. The molecule has 0 aliphatic rings. The first-order valence-corrected chi connectivity index (χ1v) is 8.74. The second-order valence-corrected chi connectivity index (χ2v) is 7.15. The Morgan fingerprint density at radius 3 is 2.56 bits per heavy atom. The van der Waals surface area contributed by atoms with Gasteiger partial charge in [0, 0.05) is 11.5 Å². The Morgan fingerprint density at radius 1 is 1.12 bits per heavy atom. The van der Waals surface area contributed by atoms with E-state index in [0.29, 0.717) is 22.5 Å². The summed E-state index contributed by atoms with van der Waals surface area (Å²) in [6.07, 6.45) is 0. The fraction of sp³-hybridized carbons (Fsp3) is 0.300. The monoisotopic (exact) mass is 356 g/mol. The van der Waals surface area contributed by atoms with Gasteiger partial charge < -0.3 is 9.73 Å². The molecular weight excluding hydrogens is 336 g/mol. The van der Waals surface area contributed by atoms with Crippen molar-refractivity contribution in [1.82, 2.24) is 4.98 Å². The number of oxazole rings is 1. The molecule has 4 nitrogen and oxygen atoms in total. The molecule has 3 rings (SSSR count). The number of hydrogen-bond acceptors (Lipinski definition) is 3. The van der Waals surface area contributed by atoms with Crippen LogP contribution in [0.2, 0.25) is 5.02 Å². The lowest BCUT2D eigenvalue weighted by Crippen LogP contribution is -2.17. The zero-order chi connectivity index (χ0) is 18.1. The SMILES string of the molecule is CC(C)C(=O)Nc1cc(-c2nc3cc(C(C)C)ccc3o2)ccc1Cl. The highest BCUT2D eigenvalue weighted by Gasteiger charge is 2.14. The first-order valence-electron chi connectivity index (χ1n) is 8.36. The van der Waals surface area contributed by atoms with Crippen LogP contribution in [0.15, 0.2) is 40.8 Å². The molecule has 0 fully saturated rings. The number of carbonyl (C=O) groups excluding carboxylic acids is 1. The average Bonchev–Trinajstić information content (AvgIpc) is 2.99. The second kappa shape index (κ2) is 6.89. The van der Waals surface area contributed by atoms with Crippen molar-refractivity contribution in [3.63, 3.8) is 0 Å². The zero-order valence-corrected chi connectivity index (χ0v) is 15.5. The quantitative estimate of drug-likeness (QED) is 0.636. The Labute approximate surface area is 152 Å². The Hall–Kier alpha value is -2.33. The number of aromatic nitrogens is 1. The Morgan fingerprint density at radius 2 is 1.88 bits per heavy atom. The van der Waals surface area contributed by atoms with Crippen molar-refractivity contribution in [2.75, 3.05) is 5.32 Å².